The Bertz CT molecular complexity index is 651. The fraction of sp³-hybridized carbons (Fsp3) is 0.350. The number of carbonyl (C=O) groups excluding carboxylic acids is 1. The number of benzene rings is 2. The van der Waals surface area contributed by atoms with Crippen molar-refractivity contribution in [1.29, 1.82) is 0 Å². The zero-order valence-electron chi connectivity index (χ0n) is 14.5. The van der Waals surface area contributed by atoms with Gasteiger partial charge in [-0.15, -0.1) is 12.4 Å². The first-order valence-electron chi connectivity index (χ1n) is 8.37. The van der Waals surface area contributed by atoms with Crippen LogP contribution in [0.2, 0.25) is 0 Å². The Kier molecular flexibility index (Phi) is 9.17. The van der Waals surface area contributed by atoms with Crippen molar-refractivity contribution in [2.45, 2.75) is 19.8 Å². The Hall–Kier alpha value is -1.91. The van der Waals surface area contributed by atoms with Crippen LogP contribution in [0.15, 0.2) is 54.6 Å². The van der Waals surface area contributed by atoms with Crippen molar-refractivity contribution in [2.24, 2.45) is 11.7 Å². The highest BCUT2D eigenvalue weighted by Crippen LogP contribution is 2.13. The zero-order valence-corrected chi connectivity index (χ0v) is 15.3. The maximum atomic E-state index is 13.3. The van der Waals surface area contributed by atoms with Gasteiger partial charge in [0.15, 0.2) is 0 Å². The highest BCUT2D eigenvalue weighted by atomic mass is 35.5. The van der Waals surface area contributed by atoms with Crippen LogP contribution in [0.3, 0.4) is 0 Å². The van der Waals surface area contributed by atoms with Crippen LogP contribution in [-0.2, 0) is 17.6 Å². The molecule has 2 rings (SSSR count). The zero-order chi connectivity index (χ0) is 17.4. The molecule has 0 aliphatic heterocycles. The second kappa shape index (κ2) is 10.9. The first-order chi connectivity index (χ1) is 11.6. The number of nitrogens with zero attached hydrogens (tertiary/aromatic N) is 1. The molecule has 0 bridgehead atoms. The molecule has 0 saturated carbocycles. The number of hydrogen-bond acceptors (Lipinski definition) is 2. The molecule has 0 radical (unpaired) electrons. The van der Waals surface area contributed by atoms with E-state index in [1.165, 1.54) is 17.7 Å². The van der Waals surface area contributed by atoms with Crippen molar-refractivity contribution >= 4 is 18.3 Å². The Morgan fingerprint density at radius 2 is 1.76 bits per heavy atom. The van der Waals surface area contributed by atoms with Gasteiger partial charge in [-0.25, -0.2) is 4.39 Å². The predicted molar refractivity (Wildman–Crippen MR) is 102 cm³/mol. The molecular weight excluding hydrogens is 339 g/mol. The van der Waals surface area contributed by atoms with Gasteiger partial charge in [-0.3, -0.25) is 4.79 Å². The molecule has 0 saturated heterocycles. The van der Waals surface area contributed by atoms with Crippen molar-refractivity contribution in [3.63, 3.8) is 0 Å². The summed E-state index contributed by atoms with van der Waals surface area (Å²) >= 11 is 0. The van der Waals surface area contributed by atoms with Gasteiger partial charge in [0.25, 0.3) is 0 Å². The fourth-order valence-corrected chi connectivity index (χ4v) is 2.81. The average Bonchev–Trinajstić information content (AvgIpc) is 2.59. The van der Waals surface area contributed by atoms with Gasteiger partial charge in [-0.1, -0.05) is 49.4 Å². The van der Waals surface area contributed by atoms with Gasteiger partial charge in [0.05, 0.1) is 0 Å². The lowest BCUT2D eigenvalue weighted by molar-refractivity contribution is -0.134. The second-order valence-electron chi connectivity index (χ2n) is 6.08. The quantitative estimate of drug-likeness (QED) is 0.779. The van der Waals surface area contributed by atoms with E-state index in [1.807, 2.05) is 36.1 Å². The molecule has 0 heterocycles. The molecule has 2 aromatic rings. The Morgan fingerprint density at radius 1 is 1.08 bits per heavy atom. The van der Waals surface area contributed by atoms with E-state index in [9.17, 15) is 9.18 Å². The smallest absolute Gasteiger partial charge is 0.225 e. The van der Waals surface area contributed by atoms with Gasteiger partial charge < -0.3 is 10.6 Å². The van der Waals surface area contributed by atoms with Crippen molar-refractivity contribution in [1.82, 2.24) is 4.90 Å². The molecule has 1 atom stereocenters. The summed E-state index contributed by atoms with van der Waals surface area (Å²) in [5, 5.41) is 0. The first-order valence-corrected chi connectivity index (χ1v) is 8.37. The van der Waals surface area contributed by atoms with Crippen molar-refractivity contribution < 1.29 is 9.18 Å². The standard InChI is InChI=1S/C20H25FN2O.ClH/c1-16(14-18-8-5-9-19(21)15-18)20(24)23(13-11-22)12-10-17-6-3-2-4-7-17;/h2-9,15-16H,10-14,22H2,1H3;1H. The van der Waals surface area contributed by atoms with E-state index in [1.54, 1.807) is 6.07 Å². The largest absolute Gasteiger partial charge is 0.341 e. The van der Waals surface area contributed by atoms with Gasteiger partial charge in [-0.05, 0) is 36.1 Å². The molecule has 136 valence electrons. The van der Waals surface area contributed by atoms with Gasteiger partial charge in [-0.2, -0.15) is 0 Å². The maximum Gasteiger partial charge on any atom is 0.225 e. The van der Waals surface area contributed by atoms with Crippen LogP contribution < -0.4 is 5.73 Å². The lowest BCUT2D eigenvalue weighted by atomic mass is 9.99. The van der Waals surface area contributed by atoms with E-state index < -0.39 is 0 Å². The topological polar surface area (TPSA) is 46.3 Å². The van der Waals surface area contributed by atoms with E-state index >= 15 is 0 Å². The van der Waals surface area contributed by atoms with E-state index in [2.05, 4.69) is 12.1 Å². The molecule has 5 heteroatoms. The Morgan fingerprint density at radius 3 is 2.40 bits per heavy atom. The summed E-state index contributed by atoms with van der Waals surface area (Å²) in [7, 11) is 0. The lowest BCUT2D eigenvalue weighted by Crippen LogP contribution is -2.40. The van der Waals surface area contributed by atoms with Gasteiger partial charge in [0.2, 0.25) is 5.91 Å². The van der Waals surface area contributed by atoms with Gasteiger partial charge in [0, 0.05) is 25.6 Å². The Labute approximate surface area is 155 Å². The number of nitrogens with two attached hydrogens (primary N) is 1. The summed E-state index contributed by atoms with van der Waals surface area (Å²) < 4.78 is 13.3. The summed E-state index contributed by atoms with van der Waals surface area (Å²) in [5.41, 5.74) is 7.70. The first kappa shape index (κ1) is 21.1. The maximum absolute atomic E-state index is 13.3. The van der Waals surface area contributed by atoms with E-state index in [0.717, 1.165) is 12.0 Å². The molecule has 0 aliphatic carbocycles. The molecule has 0 spiro atoms. The lowest BCUT2D eigenvalue weighted by Gasteiger charge is -2.25. The van der Waals surface area contributed by atoms with Gasteiger partial charge >= 0.3 is 0 Å². The number of amides is 1. The highest BCUT2D eigenvalue weighted by molar-refractivity contribution is 5.85. The molecule has 0 fully saturated rings. The molecular formula is C20H26ClFN2O. The summed E-state index contributed by atoms with van der Waals surface area (Å²) in [5.74, 6) is -0.398. The third-order valence-electron chi connectivity index (χ3n) is 4.08. The minimum atomic E-state index is -0.268. The van der Waals surface area contributed by atoms with Crippen molar-refractivity contribution in [3.05, 3.63) is 71.5 Å². The second-order valence-corrected chi connectivity index (χ2v) is 6.08. The third kappa shape index (κ3) is 6.85. The molecule has 3 nitrogen and oxygen atoms in total. The predicted octanol–water partition coefficient (Wildman–Crippen LogP) is 3.46. The monoisotopic (exact) mass is 364 g/mol. The van der Waals surface area contributed by atoms with Crippen LogP contribution in [0.25, 0.3) is 0 Å². The summed E-state index contributed by atoms with van der Waals surface area (Å²) in [4.78, 5) is 14.5. The van der Waals surface area contributed by atoms with E-state index in [-0.39, 0.29) is 30.0 Å². The van der Waals surface area contributed by atoms with Gasteiger partial charge in [0.1, 0.15) is 5.82 Å². The minimum absolute atomic E-state index is 0. The fourth-order valence-electron chi connectivity index (χ4n) is 2.81. The molecule has 1 amide bonds. The van der Waals surface area contributed by atoms with Crippen molar-refractivity contribution in [3.8, 4) is 0 Å². The Balaban J connectivity index is 0.00000312. The SMILES string of the molecule is CC(Cc1cccc(F)c1)C(=O)N(CCN)CCc1ccccc1.Cl. The average molecular weight is 365 g/mol. The highest BCUT2D eigenvalue weighted by Gasteiger charge is 2.20. The molecule has 2 N–H and O–H groups in total. The van der Waals surface area contributed by atoms with Crippen LogP contribution in [0, 0.1) is 11.7 Å². The van der Waals surface area contributed by atoms with Crippen LogP contribution in [0.5, 0.6) is 0 Å². The van der Waals surface area contributed by atoms with Crippen LogP contribution >= 0.6 is 12.4 Å². The molecule has 0 aliphatic rings. The summed E-state index contributed by atoms with van der Waals surface area (Å²) in [6, 6.07) is 16.5. The number of hydrogen-bond donors (Lipinski definition) is 1. The number of halogens is 2. The molecule has 1 unspecified atom stereocenters. The summed E-state index contributed by atoms with van der Waals surface area (Å²) in [6.45, 7) is 3.51. The van der Waals surface area contributed by atoms with E-state index in [4.69, 9.17) is 5.73 Å². The van der Waals surface area contributed by atoms with Crippen molar-refractivity contribution in [2.75, 3.05) is 19.6 Å². The van der Waals surface area contributed by atoms with E-state index in [0.29, 0.717) is 26.1 Å². The molecule has 2 aromatic carbocycles. The van der Waals surface area contributed by atoms with Crippen LogP contribution in [-0.4, -0.2) is 30.4 Å². The summed E-state index contributed by atoms with van der Waals surface area (Å²) in [6.07, 6.45) is 1.34. The number of carbonyl (C=O) groups is 1. The molecule has 0 aromatic heterocycles. The van der Waals surface area contributed by atoms with Crippen LogP contribution in [0.4, 0.5) is 4.39 Å². The molecule has 25 heavy (non-hydrogen) atoms. The third-order valence-corrected chi connectivity index (χ3v) is 4.08. The minimum Gasteiger partial charge on any atom is -0.341 e. The normalized spacial score (nSPS) is 11.5. The van der Waals surface area contributed by atoms with Crippen LogP contribution in [0.1, 0.15) is 18.1 Å². The number of rotatable bonds is 8.